The summed E-state index contributed by atoms with van der Waals surface area (Å²) in [5.74, 6) is 1.46. The second-order valence-corrected chi connectivity index (χ2v) is 8.75. The first-order valence-corrected chi connectivity index (χ1v) is 11.4. The molecule has 4 nitrogen and oxygen atoms in total. The number of methoxy groups -OCH3 is 2. The monoisotopic (exact) mass is 468 g/mol. The Morgan fingerprint density at radius 2 is 1.83 bits per heavy atom. The van der Waals surface area contributed by atoms with Gasteiger partial charge in [0.2, 0.25) is 0 Å². The second kappa shape index (κ2) is 9.71. The normalized spacial score (nSPS) is 17.5. The van der Waals surface area contributed by atoms with Crippen LogP contribution in [0.2, 0.25) is 0 Å². The molecule has 0 saturated carbocycles. The molecule has 3 aromatic rings. The number of halogens is 1. The number of aromatic nitrogens is 1. The number of aromatic amines is 1. The molecule has 2 heterocycles. The minimum Gasteiger partial charge on any atom is -0.493 e. The molecule has 0 amide bonds. The molecule has 1 aromatic heterocycles. The van der Waals surface area contributed by atoms with Crippen LogP contribution < -0.4 is 9.47 Å². The fraction of sp³-hybridized carbons (Fsp3) is 0.360. The average Bonchev–Trinajstić information content (AvgIpc) is 3.11. The number of nitrogens with zero attached hydrogens (tertiary/aromatic N) is 1. The number of benzene rings is 2. The highest BCUT2D eigenvalue weighted by atomic mass is 79.9. The third-order valence-electron chi connectivity index (χ3n) is 5.90. The van der Waals surface area contributed by atoms with Crippen molar-refractivity contribution in [3.63, 3.8) is 0 Å². The molecule has 2 aromatic carbocycles. The highest BCUT2D eigenvalue weighted by molar-refractivity contribution is 9.10. The quantitative estimate of drug-likeness (QED) is 0.443. The lowest BCUT2D eigenvalue weighted by Crippen LogP contribution is -2.28. The van der Waals surface area contributed by atoms with E-state index in [1.165, 1.54) is 36.9 Å². The largest absolute Gasteiger partial charge is 0.493 e. The van der Waals surface area contributed by atoms with Crippen LogP contribution in [0.15, 0.2) is 59.1 Å². The average molecular weight is 469 g/mol. The summed E-state index contributed by atoms with van der Waals surface area (Å²) in [5, 5.41) is 0. The van der Waals surface area contributed by atoms with Gasteiger partial charge in [-0.15, -0.1) is 0 Å². The summed E-state index contributed by atoms with van der Waals surface area (Å²) in [6.07, 6.45) is 5.08. The second-order valence-electron chi connectivity index (χ2n) is 7.83. The summed E-state index contributed by atoms with van der Waals surface area (Å²) in [7, 11) is 3.35. The first-order chi connectivity index (χ1) is 14.7. The minimum absolute atomic E-state index is 0.473. The zero-order valence-corrected chi connectivity index (χ0v) is 19.2. The molecule has 1 N–H and O–H groups in total. The molecule has 1 aliphatic rings. The molecule has 30 heavy (non-hydrogen) atoms. The Morgan fingerprint density at radius 3 is 2.60 bits per heavy atom. The lowest BCUT2D eigenvalue weighted by molar-refractivity contribution is 0.190. The van der Waals surface area contributed by atoms with E-state index in [1.54, 1.807) is 14.2 Å². The van der Waals surface area contributed by atoms with Crippen LogP contribution in [0.1, 0.15) is 43.0 Å². The van der Waals surface area contributed by atoms with Gasteiger partial charge in [-0.25, -0.2) is 0 Å². The van der Waals surface area contributed by atoms with Gasteiger partial charge in [0.25, 0.3) is 0 Å². The van der Waals surface area contributed by atoms with Gasteiger partial charge in [-0.3, -0.25) is 4.90 Å². The summed E-state index contributed by atoms with van der Waals surface area (Å²) >= 11 is 3.59. The van der Waals surface area contributed by atoms with Crippen LogP contribution in [-0.2, 0) is 6.54 Å². The van der Waals surface area contributed by atoms with Crippen molar-refractivity contribution in [2.24, 2.45) is 0 Å². The van der Waals surface area contributed by atoms with Crippen molar-refractivity contribution in [1.29, 1.82) is 0 Å². The minimum atomic E-state index is 0.473. The van der Waals surface area contributed by atoms with Gasteiger partial charge in [-0.1, -0.05) is 59.1 Å². The first kappa shape index (κ1) is 21.0. The highest BCUT2D eigenvalue weighted by Crippen LogP contribution is 2.40. The lowest BCUT2D eigenvalue weighted by Gasteiger charge is -2.30. The van der Waals surface area contributed by atoms with Gasteiger partial charge in [-0.05, 0) is 49.2 Å². The first-order valence-electron chi connectivity index (χ1n) is 10.6. The molecule has 1 saturated heterocycles. The number of hydrogen-bond donors (Lipinski definition) is 1. The molecular weight excluding hydrogens is 440 g/mol. The Labute approximate surface area is 187 Å². The zero-order valence-electron chi connectivity index (χ0n) is 17.7. The predicted octanol–water partition coefficient (Wildman–Crippen LogP) is 6.58. The van der Waals surface area contributed by atoms with E-state index in [1.807, 2.05) is 6.07 Å². The van der Waals surface area contributed by atoms with Crippen molar-refractivity contribution in [1.82, 2.24) is 9.88 Å². The van der Waals surface area contributed by atoms with Crippen LogP contribution in [0.3, 0.4) is 0 Å². The highest BCUT2D eigenvalue weighted by Gasteiger charge is 2.23. The van der Waals surface area contributed by atoms with E-state index in [2.05, 4.69) is 74.3 Å². The maximum atomic E-state index is 5.65. The summed E-state index contributed by atoms with van der Waals surface area (Å²) in [4.78, 5) is 6.25. The smallest absolute Gasteiger partial charge is 0.170 e. The van der Waals surface area contributed by atoms with Crippen LogP contribution in [-0.4, -0.2) is 30.6 Å². The van der Waals surface area contributed by atoms with Gasteiger partial charge in [-0.2, -0.15) is 0 Å². The molecule has 5 heteroatoms. The molecule has 0 aliphatic carbocycles. The van der Waals surface area contributed by atoms with Crippen molar-refractivity contribution in [3.05, 3.63) is 70.3 Å². The lowest BCUT2D eigenvalue weighted by atomic mass is 10.0. The number of hydrogen-bond acceptors (Lipinski definition) is 3. The SMILES string of the molecule is COc1cc(Br)cc(-c2ccc(CN3CCCCC[C@@H]3c3ccccc3)[nH]2)c1OC. The molecule has 0 radical (unpaired) electrons. The molecule has 0 unspecified atom stereocenters. The molecule has 0 bridgehead atoms. The van der Waals surface area contributed by atoms with Crippen molar-refractivity contribution in [3.8, 4) is 22.8 Å². The predicted molar refractivity (Wildman–Crippen MR) is 125 cm³/mol. The summed E-state index contributed by atoms with van der Waals surface area (Å²) in [6, 6.07) is 19.7. The Balaban J connectivity index is 1.60. The summed E-state index contributed by atoms with van der Waals surface area (Å²) in [6.45, 7) is 2.04. The van der Waals surface area contributed by atoms with Gasteiger partial charge in [0.15, 0.2) is 11.5 Å². The molecule has 1 aliphatic heterocycles. The fourth-order valence-electron chi connectivity index (χ4n) is 4.45. The number of H-pyrrole nitrogens is 1. The van der Waals surface area contributed by atoms with E-state index in [-0.39, 0.29) is 0 Å². The van der Waals surface area contributed by atoms with Crippen molar-refractivity contribution in [2.75, 3.05) is 20.8 Å². The van der Waals surface area contributed by atoms with E-state index in [9.17, 15) is 0 Å². The Bertz CT molecular complexity index is 971. The van der Waals surface area contributed by atoms with E-state index >= 15 is 0 Å². The van der Waals surface area contributed by atoms with E-state index in [0.29, 0.717) is 6.04 Å². The van der Waals surface area contributed by atoms with Crippen LogP contribution in [0, 0.1) is 0 Å². The number of rotatable bonds is 6. The van der Waals surface area contributed by atoms with Crippen molar-refractivity contribution in [2.45, 2.75) is 38.3 Å². The van der Waals surface area contributed by atoms with Crippen LogP contribution in [0.25, 0.3) is 11.3 Å². The molecule has 4 rings (SSSR count). The van der Waals surface area contributed by atoms with Gasteiger partial charge >= 0.3 is 0 Å². The molecule has 158 valence electrons. The zero-order chi connectivity index (χ0) is 20.9. The van der Waals surface area contributed by atoms with E-state index < -0.39 is 0 Å². The van der Waals surface area contributed by atoms with Crippen molar-refractivity contribution < 1.29 is 9.47 Å². The molecular formula is C25H29BrN2O2. The van der Waals surface area contributed by atoms with Crippen LogP contribution in [0.5, 0.6) is 11.5 Å². The Hall–Kier alpha value is -2.24. The number of likely N-dealkylation sites (tertiary alicyclic amines) is 1. The Kier molecular flexibility index (Phi) is 6.80. The third-order valence-corrected chi connectivity index (χ3v) is 6.36. The van der Waals surface area contributed by atoms with Crippen LogP contribution >= 0.6 is 15.9 Å². The topological polar surface area (TPSA) is 37.5 Å². The molecule has 0 spiro atoms. The van der Waals surface area contributed by atoms with Crippen LogP contribution in [0.4, 0.5) is 0 Å². The van der Waals surface area contributed by atoms with E-state index in [4.69, 9.17) is 9.47 Å². The standard InChI is InChI=1S/C25H29BrN2O2/c1-29-24-16-19(26)15-21(25(24)30-2)22-13-12-20(27-22)17-28-14-8-4-7-11-23(28)18-9-5-3-6-10-18/h3,5-6,9-10,12-13,15-16,23,27H,4,7-8,11,14,17H2,1-2H3/t23-/m1/s1. The third kappa shape index (κ3) is 4.57. The fourth-order valence-corrected chi connectivity index (χ4v) is 4.89. The molecule has 1 fully saturated rings. The summed E-state index contributed by atoms with van der Waals surface area (Å²) < 4.78 is 12.1. The van der Waals surface area contributed by atoms with Crippen molar-refractivity contribution >= 4 is 15.9 Å². The van der Waals surface area contributed by atoms with Gasteiger partial charge in [0.1, 0.15) is 0 Å². The maximum Gasteiger partial charge on any atom is 0.170 e. The Morgan fingerprint density at radius 1 is 1.00 bits per heavy atom. The van der Waals surface area contributed by atoms with E-state index in [0.717, 1.165) is 40.3 Å². The van der Waals surface area contributed by atoms with Gasteiger partial charge in [0, 0.05) is 34.0 Å². The van der Waals surface area contributed by atoms with Gasteiger partial charge in [0.05, 0.1) is 14.2 Å². The number of ether oxygens (including phenoxy) is 2. The summed E-state index contributed by atoms with van der Waals surface area (Å²) in [5.41, 5.74) is 4.66. The maximum absolute atomic E-state index is 5.65. The molecule has 1 atom stereocenters. The van der Waals surface area contributed by atoms with Gasteiger partial charge < -0.3 is 14.5 Å². The number of nitrogens with one attached hydrogen (secondary N) is 1.